The molecule has 1 aromatic carbocycles. The molecule has 0 aliphatic heterocycles. The van der Waals surface area contributed by atoms with Gasteiger partial charge in [0.25, 0.3) is 0 Å². The molecule has 2 heterocycles. The van der Waals surface area contributed by atoms with Crippen molar-refractivity contribution in [3.05, 3.63) is 48.7 Å². The molecule has 3 aromatic rings. The molecule has 0 aliphatic rings. The van der Waals surface area contributed by atoms with Gasteiger partial charge in [0.15, 0.2) is 5.82 Å². The summed E-state index contributed by atoms with van der Waals surface area (Å²) in [5, 5.41) is 5.19. The Labute approximate surface area is 139 Å². The first-order valence-corrected chi connectivity index (χ1v) is 8.20. The van der Waals surface area contributed by atoms with E-state index in [0.29, 0.717) is 11.0 Å². The highest BCUT2D eigenvalue weighted by molar-refractivity contribution is 7.99. The standard InChI is InChI=1S/C16H18N6S/c1-3-17-20-12(2)18-15-14-10-7-11-22(14)21-16(19-15)23-13-8-5-4-6-9-13/h4-11,17H,3H2,1-2H3,(H,18,19,20,21). The minimum absolute atomic E-state index is 0.645. The number of nitrogens with zero attached hydrogens (tertiary/aromatic N) is 4. The van der Waals surface area contributed by atoms with E-state index >= 15 is 0 Å². The molecular formula is C16H18N6S. The van der Waals surface area contributed by atoms with Crippen molar-refractivity contribution in [1.82, 2.24) is 25.4 Å². The molecule has 0 saturated carbocycles. The number of nitrogens with one attached hydrogen (secondary N) is 2. The predicted octanol–water partition coefficient (Wildman–Crippen LogP) is 3.04. The molecule has 3 rings (SSSR count). The molecule has 6 nitrogen and oxygen atoms in total. The highest BCUT2D eigenvalue weighted by Gasteiger charge is 2.09. The third-order valence-corrected chi connectivity index (χ3v) is 3.89. The van der Waals surface area contributed by atoms with Gasteiger partial charge in [0.05, 0.1) is 0 Å². The van der Waals surface area contributed by atoms with Gasteiger partial charge in [0.2, 0.25) is 5.16 Å². The monoisotopic (exact) mass is 326 g/mol. The van der Waals surface area contributed by atoms with Crippen LogP contribution in [0.1, 0.15) is 13.8 Å². The summed E-state index contributed by atoms with van der Waals surface area (Å²) in [6, 6.07) is 14.0. The molecule has 23 heavy (non-hydrogen) atoms. The van der Waals surface area contributed by atoms with Crippen LogP contribution in [-0.4, -0.2) is 27.0 Å². The van der Waals surface area contributed by atoms with E-state index in [1.807, 2.05) is 62.5 Å². The number of aromatic nitrogens is 3. The molecule has 0 aliphatic carbocycles. The fourth-order valence-corrected chi connectivity index (χ4v) is 2.79. The Morgan fingerprint density at radius 3 is 2.83 bits per heavy atom. The minimum atomic E-state index is 0.645. The first-order chi connectivity index (χ1) is 11.3. The summed E-state index contributed by atoms with van der Waals surface area (Å²) in [5.74, 6) is 1.40. The van der Waals surface area contributed by atoms with Crippen LogP contribution in [0.2, 0.25) is 0 Å². The van der Waals surface area contributed by atoms with E-state index in [-0.39, 0.29) is 0 Å². The average Bonchev–Trinajstić information content (AvgIpc) is 3.02. The number of rotatable bonds is 5. The van der Waals surface area contributed by atoms with Gasteiger partial charge in [-0.05, 0) is 43.0 Å². The van der Waals surface area contributed by atoms with Crippen LogP contribution in [-0.2, 0) is 0 Å². The zero-order valence-electron chi connectivity index (χ0n) is 13.0. The SMILES string of the molecule is CCNNC(C)=Nc1nc(Sc2ccccc2)nn2cccc12. The quantitative estimate of drug-likeness (QED) is 0.428. The van der Waals surface area contributed by atoms with Crippen LogP contribution in [0, 0.1) is 0 Å². The predicted molar refractivity (Wildman–Crippen MR) is 93.1 cm³/mol. The minimum Gasteiger partial charge on any atom is -0.309 e. The normalized spacial score (nSPS) is 11.8. The molecule has 2 N–H and O–H groups in total. The van der Waals surface area contributed by atoms with Crippen LogP contribution in [0.5, 0.6) is 0 Å². The van der Waals surface area contributed by atoms with Gasteiger partial charge in [-0.2, -0.15) is 4.98 Å². The van der Waals surface area contributed by atoms with E-state index in [9.17, 15) is 0 Å². The molecule has 0 unspecified atom stereocenters. The van der Waals surface area contributed by atoms with E-state index in [0.717, 1.165) is 22.8 Å². The molecule has 0 amide bonds. The number of benzene rings is 1. The highest BCUT2D eigenvalue weighted by atomic mass is 32.2. The van der Waals surface area contributed by atoms with Crippen LogP contribution in [0.15, 0.2) is 63.7 Å². The maximum Gasteiger partial charge on any atom is 0.214 e. The smallest absolute Gasteiger partial charge is 0.214 e. The van der Waals surface area contributed by atoms with E-state index in [1.165, 1.54) is 11.8 Å². The topological polar surface area (TPSA) is 66.6 Å². The van der Waals surface area contributed by atoms with Crippen LogP contribution in [0.3, 0.4) is 0 Å². The summed E-state index contributed by atoms with van der Waals surface area (Å²) in [7, 11) is 0. The lowest BCUT2D eigenvalue weighted by Crippen LogP contribution is -2.35. The van der Waals surface area contributed by atoms with Gasteiger partial charge in [0.1, 0.15) is 11.4 Å². The molecule has 0 bridgehead atoms. The number of fused-ring (bicyclic) bond motifs is 1. The largest absolute Gasteiger partial charge is 0.309 e. The third kappa shape index (κ3) is 3.88. The second-order valence-corrected chi connectivity index (χ2v) is 5.86. The molecule has 0 atom stereocenters. The Bertz CT molecular complexity index is 812. The van der Waals surface area contributed by atoms with Crippen molar-refractivity contribution >= 4 is 28.9 Å². The molecule has 0 fully saturated rings. The Morgan fingerprint density at radius 1 is 1.22 bits per heavy atom. The van der Waals surface area contributed by atoms with Crippen LogP contribution < -0.4 is 10.9 Å². The maximum absolute atomic E-state index is 4.59. The second kappa shape index (κ2) is 7.26. The summed E-state index contributed by atoms with van der Waals surface area (Å²) < 4.78 is 1.80. The fraction of sp³-hybridized carbons (Fsp3) is 0.188. The average molecular weight is 326 g/mol. The molecule has 0 spiro atoms. The summed E-state index contributed by atoms with van der Waals surface area (Å²) >= 11 is 1.52. The van der Waals surface area contributed by atoms with Crippen molar-refractivity contribution in [3.63, 3.8) is 0 Å². The summed E-state index contributed by atoms with van der Waals surface area (Å²) in [5.41, 5.74) is 6.93. The Hall–Kier alpha value is -2.38. The first-order valence-electron chi connectivity index (χ1n) is 7.38. The van der Waals surface area contributed by atoms with E-state index < -0.39 is 0 Å². The third-order valence-electron chi connectivity index (χ3n) is 3.02. The molecule has 0 radical (unpaired) electrons. The Kier molecular flexibility index (Phi) is 4.89. The van der Waals surface area contributed by atoms with E-state index in [2.05, 4.69) is 25.9 Å². The molecule has 118 valence electrons. The van der Waals surface area contributed by atoms with Gasteiger partial charge < -0.3 is 5.43 Å². The van der Waals surface area contributed by atoms with Crippen molar-refractivity contribution in [1.29, 1.82) is 0 Å². The maximum atomic E-state index is 4.59. The van der Waals surface area contributed by atoms with Gasteiger partial charge in [-0.3, -0.25) is 0 Å². The van der Waals surface area contributed by atoms with E-state index in [4.69, 9.17) is 0 Å². The fourth-order valence-electron chi connectivity index (χ4n) is 2.02. The number of amidine groups is 1. The first kappa shape index (κ1) is 15.5. The van der Waals surface area contributed by atoms with E-state index in [1.54, 1.807) is 4.52 Å². The van der Waals surface area contributed by atoms with Crippen molar-refractivity contribution in [2.24, 2.45) is 4.99 Å². The van der Waals surface area contributed by atoms with Gasteiger partial charge in [-0.25, -0.2) is 14.9 Å². The van der Waals surface area contributed by atoms with Gasteiger partial charge in [0, 0.05) is 17.6 Å². The van der Waals surface area contributed by atoms with Gasteiger partial charge in [-0.15, -0.1) is 5.10 Å². The highest BCUT2D eigenvalue weighted by Crippen LogP contribution is 2.27. The van der Waals surface area contributed by atoms with Gasteiger partial charge >= 0.3 is 0 Å². The lowest BCUT2D eigenvalue weighted by Gasteiger charge is -2.07. The van der Waals surface area contributed by atoms with Crippen molar-refractivity contribution in [2.45, 2.75) is 23.9 Å². The molecule has 2 aromatic heterocycles. The molecular weight excluding hydrogens is 308 g/mol. The van der Waals surface area contributed by atoms with Crippen LogP contribution in [0.4, 0.5) is 5.82 Å². The summed E-state index contributed by atoms with van der Waals surface area (Å²) in [4.78, 5) is 10.2. The van der Waals surface area contributed by atoms with Crippen LogP contribution >= 0.6 is 11.8 Å². The molecule has 0 saturated heterocycles. The lowest BCUT2D eigenvalue weighted by molar-refractivity contribution is 0.682. The number of hydrogen-bond donors (Lipinski definition) is 2. The second-order valence-electron chi connectivity index (χ2n) is 4.82. The zero-order valence-corrected chi connectivity index (χ0v) is 13.8. The number of hydrogen-bond acceptors (Lipinski definition) is 5. The number of aliphatic imine (C=N–C) groups is 1. The van der Waals surface area contributed by atoms with Crippen molar-refractivity contribution in [3.8, 4) is 0 Å². The van der Waals surface area contributed by atoms with Gasteiger partial charge in [-0.1, -0.05) is 25.1 Å². The number of hydrazine groups is 1. The zero-order chi connectivity index (χ0) is 16.1. The molecule has 7 heteroatoms. The lowest BCUT2D eigenvalue weighted by atomic mass is 10.4. The summed E-state index contributed by atoms with van der Waals surface area (Å²) in [6.45, 7) is 4.73. The van der Waals surface area contributed by atoms with Crippen molar-refractivity contribution in [2.75, 3.05) is 6.54 Å². The van der Waals surface area contributed by atoms with Crippen molar-refractivity contribution < 1.29 is 0 Å². The summed E-state index contributed by atoms with van der Waals surface area (Å²) in [6.07, 6.45) is 1.90. The Balaban J connectivity index is 1.95. The Morgan fingerprint density at radius 2 is 2.04 bits per heavy atom. The van der Waals surface area contributed by atoms with Crippen LogP contribution in [0.25, 0.3) is 5.52 Å².